The molecule has 0 saturated carbocycles. The van der Waals surface area contributed by atoms with Crippen LogP contribution in [-0.4, -0.2) is 19.3 Å². The molecule has 0 spiro atoms. The van der Waals surface area contributed by atoms with Gasteiger partial charge in [0.1, 0.15) is 0 Å². The van der Waals surface area contributed by atoms with E-state index in [9.17, 15) is 0 Å². The summed E-state index contributed by atoms with van der Waals surface area (Å²) < 4.78 is 5.27. The molecule has 80 valence electrons. The molecule has 3 heteroatoms. The summed E-state index contributed by atoms with van der Waals surface area (Å²) in [7, 11) is 1.75. The SMILES string of the molecule is COC(C)C(C)NC(C)c1ccsc1. The lowest BCUT2D eigenvalue weighted by atomic mass is 10.1. The van der Waals surface area contributed by atoms with Gasteiger partial charge in [0, 0.05) is 19.2 Å². The molecular weight excluding hydrogens is 194 g/mol. The van der Waals surface area contributed by atoms with Gasteiger partial charge in [0.05, 0.1) is 6.10 Å². The summed E-state index contributed by atoms with van der Waals surface area (Å²) in [6.07, 6.45) is 0.246. The van der Waals surface area contributed by atoms with Gasteiger partial charge in [-0.05, 0) is 43.2 Å². The van der Waals surface area contributed by atoms with E-state index in [4.69, 9.17) is 4.74 Å². The van der Waals surface area contributed by atoms with Gasteiger partial charge in [0.2, 0.25) is 0 Å². The predicted molar refractivity (Wildman–Crippen MR) is 61.8 cm³/mol. The first-order chi connectivity index (χ1) is 6.65. The fourth-order valence-corrected chi connectivity index (χ4v) is 2.11. The van der Waals surface area contributed by atoms with Crippen LogP contribution in [0.1, 0.15) is 32.4 Å². The van der Waals surface area contributed by atoms with E-state index in [1.165, 1.54) is 5.56 Å². The standard InChI is InChI=1S/C11H19NOS/c1-8(10(3)13-4)12-9(2)11-5-6-14-7-11/h5-10,12H,1-4H3. The Hall–Kier alpha value is -0.380. The van der Waals surface area contributed by atoms with Crippen LogP contribution < -0.4 is 5.32 Å². The molecule has 1 N–H and O–H groups in total. The van der Waals surface area contributed by atoms with E-state index in [0.29, 0.717) is 12.1 Å². The molecule has 1 aromatic rings. The third-order valence-corrected chi connectivity index (χ3v) is 3.33. The molecular formula is C11H19NOS. The van der Waals surface area contributed by atoms with E-state index in [-0.39, 0.29) is 6.10 Å². The van der Waals surface area contributed by atoms with E-state index in [0.717, 1.165) is 0 Å². The van der Waals surface area contributed by atoms with E-state index in [1.54, 1.807) is 18.4 Å². The molecule has 14 heavy (non-hydrogen) atoms. The van der Waals surface area contributed by atoms with Gasteiger partial charge in [-0.3, -0.25) is 0 Å². The predicted octanol–water partition coefficient (Wildman–Crippen LogP) is 2.82. The summed E-state index contributed by atoms with van der Waals surface area (Å²) >= 11 is 1.74. The van der Waals surface area contributed by atoms with Gasteiger partial charge in [0.15, 0.2) is 0 Å². The van der Waals surface area contributed by atoms with E-state index in [1.807, 2.05) is 0 Å². The molecule has 1 rings (SSSR count). The van der Waals surface area contributed by atoms with Crippen molar-refractivity contribution < 1.29 is 4.74 Å². The van der Waals surface area contributed by atoms with Crippen LogP contribution in [0.5, 0.6) is 0 Å². The monoisotopic (exact) mass is 213 g/mol. The van der Waals surface area contributed by atoms with Crippen LogP contribution in [0.4, 0.5) is 0 Å². The fourth-order valence-electron chi connectivity index (χ4n) is 1.35. The Morgan fingerprint density at radius 2 is 2.07 bits per heavy atom. The largest absolute Gasteiger partial charge is 0.380 e. The Bertz CT molecular complexity index is 248. The number of rotatable bonds is 5. The summed E-state index contributed by atoms with van der Waals surface area (Å²) in [5, 5.41) is 7.81. The van der Waals surface area contributed by atoms with E-state index < -0.39 is 0 Å². The topological polar surface area (TPSA) is 21.3 Å². The molecule has 3 unspecified atom stereocenters. The molecule has 0 amide bonds. The number of hydrogen-bond donors (Lipinski definition) is 1. The summed E-state index contributed by atoms with van der Waals surface area (Å²) in [6.45, 7) is 6.41. The third-order valence-electron chi connectivity index (χ3n) is 2.63. The summed E-state index contributed by atoms with van der Waals surface area (Å²) in [6, 6.07) is 2.93. The third kappa shape index (κ3) is 3.08. The first-order valence-electron chi connectivity index (χ1n) is 4.96. The van der Waals surface area contributed by atoms with Gasteiger partial charge in [0.25, 0.3) is 0 Å². The normalized spacial score (nSPS) is 17.7. The maximum Gasteiger partial charge on any atom is 0.0693 e. The molecule has 0 radical (unpaired) electrons. The Balaban J connectivity index is 2.44. The highest BCUT2D eigenvalue weighted by Gasteiger charge is 2.14. The lowest BCUT2D eigenvalue weighted by Gasteiger charge is -2.23. The minimum atomic E-state index is 0.246. The van der Waals surface area contributed by atoms with Crippen molar-refractivity contribution in [2.24, 2.45) is 0 Å². The minimum absolute atomic E-state index is 0.246. The number of thiophene rings is 1. The molecule has 0 aliphatic carbocycles. The maximum atomic E-state index is 5.27. The number of methoxy groups -OCH3 is 1. The molecule has 0 aromatic carbocycles. The summed E-state index contributed by atoms with van der Waals surface area (Å²) in [5.74, 6) is 0. The summed E-state index contributed by atoms with van der Waals surface area (Å²) in [5.41, 5.74) is 1.35. The highest BCUT2D eigenvalue weighted by Crippen LogP contribution is 2.16. The Kier molecular flexibility index (Phi) is 4.58. The van der Waals surface area contributed by atoms with Gasteiger partial charge in [-0.15, -0.1) is 0 Å². The van der Waals surface area contributed by atoms with Crippen LogP contribution in [0.15, 0.2) is 16.8 Å². The smallest absolute Gasteiger partial charge is 0.0693 e. The molecule has 0 fully saturated rings. The molecule has 1 heterocycles. The molecule has 0 bridgehead atoms. The van der Waals surface area contributed by atoms with Gasteiger partial charge < -0.3 is 10.1 Å². The minimum Gasteiger partial charge on any atom is -0.380 e. The average molecular weight is 213 g/mol. The van der Waals surface area contributed by atoms with Crippen LogP contribution in [-0.2, 0) is 4.74 Å². The Morgan fingerprint density at radius 1 is 1.36 bits per heavy atom. The quantitative estimate of drug-likeness (QED) is 0.812. The summed E-state index contributed by atoms with van der Waals surface area (Å²) in [4.78, 5) is 0. The second kappa shape index (κ2) is 5.49. The number of nitrogens with one attached hydrogen (secondary N) is 1. The zero-order chi connectivity index (χ0) is 10.6. The van der Waals surface area contributed by atoms with Crippen molar-refractivity contribution in [2.45, 2.75) is 39.0 Å². The van der Waals surface area contributed by atoms with Crippen LogP contribution in [0.2, 0.25) is 0 Å². The van der Waals surface area contributed by atoms with Gasteiger partial charge in [-0.2, -0.15) is 11.3 Å². The highest BCUT2D eigenvalue weighted by atomic mass is 32.1. The molecule has 0 aliphatic heterocycles. The van der Waals surface area contributed by atoms with Crippen molar-refractivity contribution in [3.63, 3.8) is 0 Å². The lowest BCUT2D eigenvalue weighted by molar-refractivity contribution is 0.0852. The van der Waals surface area contributed by atoms with Gasteiger partial charge in [-0.25, -0.2) is 0 Å². The van der Waals surface area contributed by atoms with Gasteiger partial charge in [-0.1, -0.05) is 0 Å². The van der Waals surface area contributed by atoms with E-state index >= 15 is 0 Å². The second-order valence-corrected chi connectivity index (χ2v) is 4.45. The Labute approximate surface area is 90.3 Å². The van der Waals surface area contributed by atoms with Crippen molar-refractivity contribution in [1.29, 1.82) is 0 Å². The zero-order valence-corrected chi connectivity index (χ0v) is 10.1. The number of ether oxygens (including phenoxy) is 1. The lowest BCUT2D eigenvalue weighted by Crippen LogP contribution is -2.38. The zero-order valence-electron chi connectivity index (χ0n) is 9.28. The van der Waals surface area contributed by atoms with Crippen LogP contribution in [0, 0.1) is 0 Å². The maximum absolute atomic E-state index is 5.27. The fraction of sp³-hybridized carbons (Fsp3) is 0.636. The molecule has 0 saturated heterocycles. The van der Waals surface area contributed by atoms with Crippen molar-refractivity contribution >= 4 is 11.3 Å². The first kappa shape index (κ1) is 11.7. The average Bonchev–Trinajstić information content (AvgIpc) is 2.69. The Morgan fingerprint density at radius 3 is 2.57 bits per heavy atom. The molecule has 0 aliphatic rings. The molecule has 1 aromatic heterocycles. The van der Waals surface area contributed by atoms with E-state index in [2.05, 4.69) is 42.9 Å². The van der Waals surface area contributed by atoms with Gasteiger partial charge >= 0.3 is 0 Å². The number of hydrogen-bond acceptors (Lipinski definition) is 3. The highest BCUT2D eigenvalue weighted by molar-refractivity contribution is 7.07. The first-order valence-corrected chi connectivity index (χ1v) is 5.90. The molecule has 3 atom stereocenters. The van der Waals surface area contributed by atoms with Crippen molar-refractivity contribution in [3.05, 3.63) is 22.4 Å². The second-order valence-electron chi connectivity index (χ2n) is 3.67. The van der Waals surface area contributed by atoms with Crippen LogP contribution >= 0.6 is 11.3 Å². The molecule has 2 nitrogen and oxygen atoms in total. The van der Waals surface area contributed by atoms with Crippen LogP contribution in [0.3, 0.4) is 0 Å². The van der Waals surface area contributed by atoms with Crippen molar-refractivity contribution in [3.8, 4) is 0 Å². The van der Waals surface area contributed by atoms with Crippen LogP contribution in [0.25, 0.3) is 0 Å². The van der Waals surface area contributed by atoms with Crippen molar-refractivity contribution in [1.82, 2.24) is 5.32 Å². The van der Waals surface area contributed by atoms with Crippen molar-refractivity contribution in [2.75, 3.05) is 7.11 Å².